The number of piperidine rings is 1. The second-order valence-electron chi connectivity index (χ2n) is 15.5. The number of hydrogen-bond donors (Lipinski definition) is 3. The van der Waals surface area contributed by atoms with Gasteiger partial charge in [0, 0.05) is 43.4 Å². The maximum Gasteiger partial charge on any atom is 0.274 e. The molecule has 9 nitrogen and oxygen atoms in total. The van der Waals surface area contributed by atoms with Crippen molar-refractivity contribution in [3.63, 3.8) is 0 Å². The zero-order chi connectivity index (χ0) is 37.1. The summed E-state index contributed by atoms with van der Waals surface area (Å²) < 4.78 is 0. The number of amides is 2. The molecule has 1 atom stereocenters. The molecule has 0 bridgehead atoms. The summed E-state index contributed by atoms with van der Waals surface area (Å²) in [4.78, 5) is 41.1. The van der Waals surface area contributed by atoms with E-state index in [1.165, 1.54) is 48.8 Å². The van der Waals surface area contributed by atoms with Crippen LogP contribution in [0.1, 0.15) is 124 Å². The maximum atomic E-state index is 13.6. The summed E-state index contributed by atoms with van der Waals surface area (Å²) in [5, 5.41) is 16.4. The fourth-order valence-corrected chi connectivity index (χ4v) is 7.76. The van der Waals surface area contributed by atoms with Crippen LogP contribution >= 0.6 is 0 Å². The molecule has 2 amide bonds. The van der Waals surface area contributed by atoms with E-state index < -0.39 is 0 Å². The van der Waals surface area contributed by atoms with Crippen LogP contribution in [0.3, 0.4) is 0 Å². The number of pyridine rings is 2. The number of nitrogens with one attached hydrogen (secondary N) is 2. The van der Waals surface area contributed by atoms with Crippen LogP contribution in [0.15, 0.2) is 60.9 Å². The van der Waals surface area contributed by atoms with Crippen LogP contribution in [0, 0.1) is 13.8 Å². The minimum absolute atomic E-state index is 0.205. The van der Waals surface area contributed by atoms with E-state index in [1.807, 2.05) is 82.7 Å². The van der Waals surface area contributed by atoms with Crippen LogP contribution in [0.4, 0.5) is 11.4 Å². The van der Waals surface area contributed by atoms with E-state index in [-0.39, 0.29) is 17.9 Å². The second-order valence-corrected chi connectivity index (χ2v) is 15.5. The highest BCUT2D eigenvalue weighted by Crippen LogP contribution is 2.43. The molecule has 2 saturated carbocycles. The molecule has 3 N–H and O–H groups in total. The molecule has 1 saturated heterocycles. The lowest BCUT2D eigenvalue weighted by atomic mass is 9.94. The molecule has 53 heavy (non-hydrogen) atoms. The standard InChI is InChI=1S/C44H54N6O3/c1-5-34(51)27-49(4)25-32-23-45-41(21-37(32)30-15-16-30)43(52)47-39-13-9-11-35(28(39)2)36-12-10-14-40(29(36)3)48-44(53)42-22-38(31-17-18-31)33(24-46-42)26-50-19-7-6-8-20-50/h9-14,21-24,30-31,34,51H,5-8,15-20,25-27H2,1-4H3,(H,47,52)(H,48,53)/t34-/m1/s1. The van der Waals surface area contributed by atoms with Gasteiger partial charge in [-0.15, -0.1) is 0 Å². The van der Waals surface area contributed by atoms with E-state index in [0.29, 0.717) is 42.7 Å². The molecular formula is C44H54N6O3. The fraction of sp³-hybridized carbons (Fsp3) is 0.455. The number of benzene rings is 2. The summed E-state index contributed by atoms with van der Waals surface area (Å²) in [5.74, 6) is 0.526. The Bertz CT molecular complexity index is 1960. The Balaban J connectivity index is 1.06. The smallest absolute Gasteiger partial charge is 0.274 e. The Morgan fingerprint density at radius 3 is 1.83 bits per heavy atom. The van der Waals surface area contributed by atoms with E-state index in [1.54, 1.807) is 0 Å². The molecule has 4 aromatic rings. The van der Waals surface area contributed by atoms with Gasteiger partial charge < -0.3 is 15.7 Å². The third-order valence-corrected chi connectivity index (χ3v) is 11.3. The van der Waals surface area contributed by atoms with Gasteiger partial charge in [0.1, 0.15) is 11.4 Å². The number of carbonyl (C=O) groups excluding carboxylic acids is 2. The average molecular weight is 715 g/mol. The lowest BCUT2D eigenvalue weighted by Crippen LogP contribution is -2.29. The number of anilines is 2. The summed E-state index contributed by atoms with van der Waals surface area (Å²) in [6.45, 7) is 10.5. The van der Waals surface area contributed by atoms with Crippen molar-refractivity contribution in [1.29, 1.82) is 0 Å². The van der Waals surface area contributed by atoms with Crippen molar-refractivity contribution in [2.75, 3.05) is 37.3 Å². The van der Waals surface area contributed by atoms with Gasteiger partial charge in [0.15, 0.2) is 0 Å². The molecule has 7 rings (SSSR count). The lowest BCUT2D eigenvalue weighted by Gasteiger charge is -2.27. The summed E-state index contributed by atoms with van der Waals surface area (Å²) in [6, 6.07) is 15.8. The van der Waals surface area contributed by atoms with Gasteiger partial charge >= 0.3 is 0 Å². The number of likely N-dealkylation sites (N-methyl/N-ethyl adjacent to an activating group) is 1. The molecule has 2 aliphatic carbocycles. The maximum absolute atomic E-state index is 13.6. The highest BCUT2D eigenvalue weighted by Gasteiger charge is 2.30. The number of carbonyl (C=O) groups is 2. The number of hydrogen-bond acceptors (Lipinski definition) is 7. The average Bonchev–Trinajstić information content (AvgIpc) is 4.09. The minimum Gasteiger partial charge on any atom is -0.392 e. The van der Waals surface area contributed by atoms with Crippen LogP contribution < -0.4 is 10.6 Å². The zero-order valence-corrected chi connectivity index (χ0v) is 31.8. The molecule has 0 unspecified atom stereocenters. The number of nitrogens with zero attached hydrogens (tertiary/aromatic N) is 4. The van der Waals surface area contributed by atoms with Gasteiger partial charge in [-0.1, -0.05) is 37.6 Å². The molecule has 278 valence electrons. The van der Waals surface area contributed by atoms with E-state index in [2.05, 4.69) is 36.5 Å². The highest BCUT2D eigenvalue weighted by atomic mass is 16.3. The van der Waals surface area contributed by atoms with Crippen molar-refractivity contribution in [2.24, 2.45) is 0 Å². The second kappa shape index (κ2) is 16.3. The fourth-order valence-electron chi connectivity index (χ4n) is 7.76. The number of aliphatic hydroxyl groups excluding tert-OH is 1. The molecular weight excluding hydrogens is 661 g/mol. The molecule has 0 spiro atoms. The Kier molecular flexibility index (Phi) is 11.3. The predicted molar refractivity (Wildman–Crippen MR) is 211 cm³/mol. The third kappa shape index (κ3) is 8.86. The van der Waals surface area contributed by atoms with Gasteiger partial charge in [-0.2, -0.15) is 0 Å². The monoisotopic (exact) mass is 714 g/mol. The Labute approximate surface area is 314 Å². The minimum atomic E-state index is -0.360. The predicted octanol–water partition coefficient (Wildman–Crippen LogP) is 8.21. The van der Waals surface area contributed by atoms with Crippen molar-refractivity contribution >= 4 is 23.2 Å². The number of aliphatic hydroxyl groups is 1. The van der Waals surface area contributed by atoms with Crippen LogP contribution in [0.25, 0.3) is 11.1 Å². The highest BCUT2D eigenvalue weighted by molar-refractivity contribution is 6.05. The van der Waals surface area contributed by atoms with Gasteiger partial charge in [-0.25, -0.2) is 0 Å². The van der Waals surface area contributed by atoms with E-state index in [4.69, 9.17) is 0 Å². The SMILES string of the molecule is CC[C@@H](O)CN(C)Cc1cnc(C(=O)Nc2cccc(-c3cccc(NC(=O)c4cc(C5CC5)c(CN5CCCCC5)cn4)c3C)c2C)cc1C1CC1. The first kappa shape index (κ1) is 36.9. The summed E-state index contributed by atoms with van der Waals surface area (Å²) in [6.07, 6.45) is 12.5. The zero-order valence-electron chi connectivity index (χ0n) is 31.8. The van der Waals surface area contributed by atoms with Crippen LogP contribution in [0.2, 0.25) is 0 Å². The van der Waals surface area contributed by atoms with Crippen molar-refractivity contribution in [2.45, 2.75) is 103 Å². The Morgan fingerprint density at radius 2 is 1.32 bits per heavy atom. The molecule has 2 aromatic heterocycles. The normalized spacial score (nSPS) is 16.8. The van der Waals surface area contributed by atoms with Gasteiger partial charge in [-0.05, 0) is 160 Å². The van der Waals surface area contributed by atoms with E-state index in [9.17, 15) is 14.7 Å². The van der Waals surface area contributed by atoms with Crippen LogP contribution in [-0.2, 0) is 13.1 Å². The molecule has 2 aromatic carbocycles. The summed E-state index contributed by atoms with van der Waals surface area (Å²) in [7, 11) is 2.01. The first-order valence-corrected chi connectivity index (χ1v) is 19.6. The molecule has 3 heterocycles. The Hall–Kier alpha value is -4.44. The van der Waals surface area contributed by atoms with Gasteiger partial charge in [0.05, 0.1) is 6.10 Å². The number of likely N-dealkylation sites (tertiary alicyclic amines) is 1. The van der Waals surface area contributed by atoms with Gasteiger partial charge in [0.2, 0.25) is 0 Å². The summed E-state index contributed by atoms with van der Waals surface area (Å²) in [5.41, 5.74) is 11.0. The van der Waals surface area contributed by atoms with Gasteiger partial charge in [0.25, 0.3) is 11.8 Å². The van der Waals surface area contributed by atoms with Crippen molar-refractivity contribution in [1.82, 2.24) is 19.8 Å². The molecule has 0 radical (unpaired) electrons. The van der Waals surface area contributed by atoms with Crippen LogP contribution in [0.5, 0.6) is 0 Å². The number of aromatic nitrogens is 2. The Morgan fingerprint density at radius 1 is 0.811 bits per heavy atom. The molecule has 9 heteroatoms. The lowest BCUT2D eigenvalue weighted by molar-refractivity contribution is 0.101. The van der Waals surface area contributed by atoms with Gasteiger partial charge in [-0.3, -0.25) is 29.4 Å². The van der Waals surface area contributed by atoms with Crippen molar-refractivity contribution in [3.05, 3.63) is 106 Å². The third-order valence-electron chi connectivity index (χ3n) is 11.3. The first-order valence-electron chi connectivity index (χ1n) is 19.6. The van der Waals surface area contributed by atoms with Crippen LogP contribution in [-0.4, -0.2) is 69.5 Å². The van der Waals surface area contributed by atoms with Crippen molar-refractivity contribution < 1.29 is 14.7 Å². The largest absolute Gasteiger partial charge is 0.392 e. The summed E-state index contributed by atoms with van der Waals surface area (Å²) >= 11 is 0. The van der Waals surface area contributed by atoms with Crippen molar-refractivity contribution in [3.8, 4) is 11.1 Å². The van der Waals surface area contributed by atoms with E-state index in [0.717, 1.165) is 71.7 Å². The first-order chi connectivity index (χ1) is 25.7. The topological polar surface area (TPSA) is 111 Å². The molecule has 3 aliphatic rings. The molecule has 1 aliphatic heterocycles. The molecule has 3 fully saturated rings. The van der Waals surface area contributed by atoms with E-state index >= 15 is 0 Å². The quantitative estimate of drug-likeness (QED) is 0.121. The number of rotatable bonds is 14.